The van der Waals surface area contributed by atoms with E-state index in [0.717, 1.165) is 91.7 Å². The summed E-state index contributed by atoms with van der Waals surface area (Å²) < 4.78 is 27.2. The van der Waals surface area contributed by atoms with Gasteiger partial charge in [0, 0.05) is 26.1 Å². The van der Waals surface area contributed by atoms with Crippen LogP contribution in [0.1, 0.15) is 261 Å². The zero-order valence-corrected chi connectivity index (χ0v) is 58.2. The number of hydrogen-bond acceptors (Lipinski definition) is 7. The molecule has 12 aliphatic rings. The normalized spacial score (nSPS) is 51.0. The summed E-state index contributed by atoms with van der Waals surface area (Å²) in [6.45, 7) is 54.8. The Bertz CT molecular complexity index is 2010. The number of aliphatic hydroxyl groups excluding tert-OH is 2. The van der Waals surface area contributed by atoms with Crippen molar-refractivity contribution in [3.8, 4) is 0 Å². The van der Waals surface area contributed by atoms with Gasteiger partial charge in [0.05, 0.1) is 44.8 Å². The largest absolute Gasteiger partial charge is 1.00 e. The summed E-state index contributed by atoms with van der Waals surface area (Å²) in [5.74, 6) is 11.8. The predicted octanol–water partition coefficient (Wildman–Crippen LogP) is 14.9. The molecule has 0 amide bonds. The van der Waals surface area contributed by atoms with Crippen molar-refractivity contribution in [2.75, 3.05) is 14.2 Å². The first-order valence-corrected chi connectivity index (χ1v) is 32.9. The molecule has 8 bridgehead atoms. The molecule has 79 heavy (non-hydrogen) atoms. The summed E-state index contributed by atoms with van der Waals surface area (Å²) in [7, 11) is 2.00. The minimum atomic E-state index is 0. The van der Waals surface area contributed by atoms with Crippen LogP contribution in [0.25, 0.3) is 0 Å². The van der Waals surface area contributed by atoms with Gasteiger partial charge in [0.25, 0.3) is 0 Å². The summed E-state index contributed by atoms with van der Waals surface area (Å²) in [5, 5.41) is 14.0. The van der Waals surface area contributed by atoms with E-state index in [1.165, 1.54) is 115 Å². The molecule has 8 heteroatoms. The van der Waals surface area contributed by atoms with Crippen LogP contribution in [0.4, 0.5) is 0 Å². The van der Waals surface area contributed by atoms with Gasteiger partial charge in [-0.05, 0) is 231 Å². The molecule has 0 radical (unpaired) electrons. The van der Waals surface area contributed by atoms with Crippen LogP contribution in [-0.4, -0.2) is 74.7 Å². The van der Waals surface area contributed by atoms with Gasteiger partial charge in [-0.3, -0.25) is 0 Å². The van der Waals surface area contributed by atoms with E-state index in [0.29, 0.717) is 34.5 Å². The van der Waals surface area contributed by atoms with E-state index < -0.39 is 0 Å². The van der Waals surface area contributed by atoms with Crippen LogP contribution >= 0.6 is 0 Å². The number of hydrogen-bond donors (Lipinski definition) is 2. The van der Waals surface area contributed by atoms with Gasteiger partial charge in [-0.25, -0.2) is 0 Å². The van der Waals surface area contributed by atoms with Gasteiger partial charge in [0.15, 0.2) is 0 Å². The molecule has 0 aromatic rings. The van der Waals surface area contributed by atoms with Gasteiger partial charge in [-0.2, -0.15) is 0 Å². The Hall–Kier alpha value is 0.200. The fourth-order valence-corrected chi connectivity index (χ4v) is 22.9. The molecule has 7 nitrogen and oxygen atoms in total. The average Bonchev–Trinajstić information content (AvgIpc) is 4.41. The van der Waals surface area contributed by atoms with Crippen molar-refractivity contribution in [2.24, 2.45) is 106 Å². The van der Waals surface area contributed by atoms with E-state index in [9.17, 15) is 0 Å². The zero-order valence-electron chi connectivity index (χ0n) is 56.2. The van der Waals surface area contributed by atoms with Gasteiger partial charge < -0.3 is 34.6 Å². The SMILES string of the molecule is C/C=C1\CC2(C)OC3(CC2C(C)C)C(C)CCC13.C=C1CC2(C)OC3(CC2C(C)C)C(C)CCC13.CCC1(C)CC2(C)OC3(CC2C(C)C)C(C)CCC13.CCC1(C)CC2(C)OC3(CC2C(C)C)C(C)CCC13.CO.CO.[Na+].[OH-]. The second-order valence-electron chi connectivity index (χ2n) is 32.1. The average molecular weight is 1120 g/mol. The molecule has 4 aliphatic carbocycles. The molecule has 22 atom stereocenters. The molecule has 12 rings (SSSR count). The smallest absolute Gasteiger partial charge is 0.870 e. The standard InChI is InChI=1S/2C18H32O.C17H28O.C16H26O.2CH4O.Na.H2O/c2*1-7-16(5)11-17(6)14(12(2)3)10-18(19-17)13(4)8-9-15(16)18;1-6-13-9-16(5)15(11(2)3)10-17(18-16)12(4)7-8-14(13)17;1-10(2)14-9-16-12(4)6-7-13(16)11(3)8-15(14,5)17-16;2*1-2;;/h2*12-15H,7-11H2,1-6H3;6,11-12,14-15H,7-10H2,1-5H3;10,12-14H,3,6-9H2,1-2,4-5H3;2*2H,1H3;;1H2/q;;;;;;+1;/p-1/b;;13-6+;;;;;. The van der Waals surface area contributed by atoms with Crippen LogP contribution in [0.2, 0.25) is 0 Å². The third-order valence-electron chi connectivity index (χ3n) is 26.7. The van der Waals surface area contributed by atoms with Crippen LogP contribution in [0, 0.1) is 106 Å². The van der Waals surface area contributed by atoms with Gasteiger partial charge in [-0.1, -0.05) is 147 Å². The van der Waals surface area contributed by atoms with Crippen molar-refractivity contribution in [1.29, 1.82) is 0 Å². The molecule has 3 N–H and O–H groups in total. The van der Waals surface area contributed by atoms with E-state index in [1.807, 2.05) is 0 Å². The van der Waals surface area contributed by atoms with Crippen molar-refractivity contribution in [2.45, 2.75) is 306 Å². The van der Waals surface area contributed by atoms with E-state index in [1.54, 1.807) is 5.57 Å². The van der Waals surface area contributed by atoms with Crippen molar-refractivity contribution in [3.63, 3.8) is 0 Å². The van der Waals surface area contributed by atoms with E-state index in [-0.39, 0.29) is 79.8 Å². The minimum Gasteiger partial charge on any atom is -0.870 e. The zero-order chi connectivity index (χ0) is 57.7. The Kier molecular flexibility index (Phi) is 21.9. The quantitative estimate of drug-likeness (QED) is 0.201. The van der Waals surface area contributed by atoms with Crippen molar-refractivity contribution in [1.82, 2.24) is 0 Å². The fraction of sp³-hybridized carbons (Fsp3) is 0.944. The Morgan fingerprint density at radius 3 is 1.11 bits per heavy atom. The van der Waals surface area contributed by atoms with Crippen LogP contribution in [-0.2, 0) is 18.9 Å². The van der Waals surface area contributed by atoms with Crippen molar-refractivity contribution < 1.29 is 64.2 Å². The molecule has 8 saturated heterocycles. The van der Waals surface area contributed by atoms with Crippen molar-refractivity contribution >= 4 is 0 Å². The number of rotatable bonds is 6. The Morgan fingerprint density at radius 1 is 0.468 bits per heavy atom. The second-order valence-corrected chi connectivity index (χ2v) is 32.1. The van der Waals surface area contributed by atoms with Crippen LogP contribution in [0.15, 0.2) is 23.8 Å². The molecule has 4 saturated carbocycles. The molecule has 4 spiro atoms. The summed E-state index contributed by atoms with van der Waals surface area (Å²) in [4.78, 5) is 0. The van der Waals surface area contributed by atoms with Crippen LogP contribution in [0.5, 0.6) is 0 Å². The number of fused-ring (bicyclic) bond motifs is 4. The number of aliphatic hydroxyl groups is 2. The summed E-state index contributed by atoms with van der Waals surface area (Å²) in [6.07, 6.45) is 25.9. The van der Waals surface area contributed by atoms with Crippen LogP contribution < -0.4 is 29.6 Å². The minimum absolute atomic E-state index is 0. The van der Waals surface area contributed by atoms with Gasteiger partial charge in [0.1, 0.15) is 0 Å². The molecule has 454 valence electrons. The van der Waals surface area contributed by atoms with Gasteiger partial charge >= 0.3 is 29.6 Å². The fourth-order valence-electron chi connectivity index (χ4n) is 22.9. The van der Waals surface area contributed by atoms with Gasteiger partial charge in [-0.15, -0.1) is 0 Å². The Morgan fingerprint density at radius 2 is 0.759 bits per heavy atom. The van der Waals surface area contributed by atoms with Crippen molar-refractivity contribution in [3.05, 3.63) is 23.8 Å². The molecular formula is C71H127NaO7. The second kappa shape index (κ2) is 24.8. The molecule has 0 aromatic carbocycles. The van der Waals surface area contributed by atoms with Gasteiger partial charge in [0.2, 0.25) is 0 Å². The molecule has 22 unspecified atom stereocenters. The van der Waals surface area contributed by atoms with E-state index in [2.05, 4.69) is 158 Å². The molecule has 12 fully saturated rings. The summed E-state index contributed by atoms with van der Waals surface area (Å²) >= 11 is 0. The Balaban J connectivity index is 0.000000188. The topological polar surface area (TPSA) is 107 Å². The predicted molar refractivity (Wildman–Crippen MR) is 325 cm³/mol. The maximum atomic E-state index is 7.00. The first-order valence-electron chi connectivity index (χ1n) is 32.9. The Labute approximate surface area is 510 Å². The number of allylic oxidation sites excluding steroid dienone is 1. The first kappa shape index (κ1) is 70.0. The van der Waals surface area contributed by atoms with E-state index in [4.69, 9.17) is 29.2 Å². The monoisotopic (exact) mass is 1110 g/mol. The third kappa shape index (κ3) is 11.1. The van der Waals surface area contributed by atoms with Crippen LogP contribution in [0.3, 0.4) is 0 Å². The maximum Gasteiger partial charge on any atom is 1.00 e. The molecule has 0 aromatic heterocycles. The third-order valence-corrected chi connectivity index (χ3v) is 26.7. The van der Waals surface area contributed by atoms with E-state index >= 15 is 0 Å². The molecular weight excluding hydrogens is 988 g/mol. The summed E-state index contributed by atoms with van der Waals surface area (Å²) in [5.41, 5.74) is 5.38. The number of ether oxygens (including phenoxy) is 4. The molecule has 8 heterocycles. The maximum absolute atomic E-state index is 7.00. The first-order chi connectivity index (χ1) is 35.9. The molecule has 8 aliphatic heterocycles. The summed E-state index contributed by atoms with van der Waals surface area (Å²) in [6, 6.07) is 0.